The number of anilines is 2. The molecule has 0 amide bonds. The van der Waals surface area contributed by atoms with Gasteiger partial charge in [0.15, 0.2) is 0 Å². The van der Waals surface area contributed by atoms with Gasteiger partial charge in [-0.2, -0.15) is 0 Å². The van der Waals surface area contributed by atoms with Crippen molar-refractivity contribution in [1.29, 1.82) is 0 Å². The zero-order valence-corrected chi connectivity index (χ0v) is 9.67. The van der Waals surface area contributed by atoms with Gasteiger partial charge in [-0.05, 0) is 18.8 Å². The molecular weight excluding hydrogens is 222 g/mol. The number of hydrogen-bond donors (Lipinski definition) is 1. The molecular formula is C10H15N5O2. The quantitative estimate of drug-likeness (QED) is 0.613. The first-order valence-corrected chi connectivity index (χ1v) is 5.59. The molecule has 1 fully saturated rings. The molecule has 2 heterocycles. The fourth-order valence-corrected chi connectivity index (χ4v) is 2.17. The Morgan fingerprint density at radius 3 is 3.00 bits per heavy atom. The molecule has 1 aliphatic rings. The van der Waals surface area contributed by atoms with Crippen molar-refractivity contribution in [3.05, 3.63) is 16.4 Å². The monoisotopic (exact) mass is 237 g/mol. The Labute approximate surface area is 98.8 Å². The average molecular weight is 237 g/mol. The molecule has 0 saturated carbocycles. The van der Waals surface area contributed by atoms with Crippen molar-refractivity contribution in [2.45, 2.75) is 19.8 Å². The molecule has 1 aliphatic heterocycles. The first kappa shape index (κ1) is 11.6. The van der Waals surface area contributed by atoms with Crippen molar-refractivity contribution >= 4 is 17.3 Å². The van der Waals surface area contributed by atoms with Gasteiger partial charge in [0.1, 0.15) is 6.33 Å². The van der Waals surface area contributed by atoms with Crippen LogP contribution in [0.15, 0.2) is 6.33 Å². The summed E-state index contributed by atoms with van der Waals surface area (Å²) in [7, 11) is 0. The predicted molar refractivity (Wildman–Crippen MR) is 63.7 cm³/mol. The molecule has 1 unspecified atom stereocenters. The zero-order chi connectivity index (χ0) is 12.4. The molecule has 0 aromatic carbocycles. The van der Waals surface area contributed by atoms with Gasteiger partial charge in [0.2, 0.25) is 11.6 Å². The second kappa shape index (κ2) is 4.52. The van der Waals surface area contributed by atoms with E-state index in [-0.39, 0.29) is 11.5 Å². The molecule has 7 nitrogen and oxygen atoms in total. The maximum Gasteiger partial charge on any atom is 0.353 e. The zero-order valence-electron chi connectivity index (χ0n) is 9.67. The van der Waals surface area contributed by atoms with Crippen molar-refractivity contribution in [3.63, 3.8) is 0 Å². The van der Waals surface area contributed by atoms with Crippen LogP contribution in [0.5, 0.6) is 0 Å². The van der Waals surface area contributed by atoms with Crippen LogP contribution < -0.4 is 10.6 Å². The molecule has 7 heteroatoms. The first-order chi connectivity index (χ1) is 8.09. The van der Waals surface area contributed by atoms with Gasteiger partial charge < -0.3 is 10.6 Å². The molecule has 1 atom stereocenters. The average Bonchev–Trinajstić information content (AvgIpc) is 2.28. The predicted octanol–water partition coefficient (Wildman–Crippen LogP) is 1.20. The van der Waals surface area contributed by atoms with Crippen LogP contribution in [0.4, 0.5) is 17.3 Å². The maximum atomic E-state index is 11.0. The third-order valence-corrected chi connectivity index (χ3v) is 2.97. The second-order valence-electron chi connectivity index (χ2n) is 4.38. The molecule has 1 aromatic rings. The molecule has 0 radical (unpaired) electrons. The van der Waals surface area contributed by atoms with Crippen molar-refractivity contribution in [2.24, 2.45) is 5.92 Å². The molecule has 92 valence electrons. The Hall–Kier alpha value is -1.92. The van der Waals surface area contributed by atoms with Gasteiger partial charge in [-0.25, -0.2) is 9.97 Å². The van der Waals surface area contributed by atoms with Crippen LogP contribution in [0.25, 0.3) is 0 Å². The highest BCUT2D eigenvalue weighted by Gasteiger charge is 2.27. The van der Waals surface area contributed by atoms with Crippen LogP contribution >= 0.6 is 0 Å². The summed E-state index contributed by atoms with van der Waals surface area (Å²) >= 11 is 0. The summed E-state index contributed by atoms with van der Waals surface area (Å²) in [5, 5.41) is 11.0. The minimum atomic E-state index is -0.510. The summed E-state index contributed by atoms with van der Waals surface area (Å²) in [6, 6.07) is 0. The van der Waals surface area contributed by atoms with E-state index in [1.54, 1.807) is 0 Å². The number of nitro groups is 1. The molecule has 2 N–H and O–H groups in total. The van der Waals surface area contributed by atoms with E-state index in [1.165, 1.54) is 6.33 Å². The Morgan fingerprint density at radius 1 is 1.59 bits per heavy atom. The molecule has 0 bridgehead atoms. The van der Waals surface area contributed by atoms with E-state index in [1.807, 2.05) is 4.90 Å². The van der Waals surface area contributed by atoms with Crippen molar-refractivity contribution in [2.75, 3.05) is 23.7 Å². The van der Waals surface area contributed by atoms with E-state index >= 15 is 0 Å². The van der Waals surface area contributed by atoms with Crippen LogP contribution in [-0.2, 0) is 0 Å². The Bertz CT molecular complexity index is 437. The van der Waals surface area contributed by atoms with E-state index < -0.39 is 4.92 Å². The van der Waals surface area contributed by atoms with Crippen molar-refractivity contribution in [3.8, 4) is 0 Å². The number of nitrogens with zero attached hydrogens (tertiary/aromatic N) is 4. The van der Waals surface area contributed by atoms with Crippen LogP contribution in [0.2, 0.25) is 0 Å². The van der Waals surface area contributed by atoms with E-state index in [2.05, 4.69) is 16.9 Å². The number of hydrogen-bond acceptors (Lipinski definition) is 6. The minimum absolute atomic E-state index is 0.0711. The highest BCUT2D eigenvalue weighted by Crippen LogP contribution is 2.32. The van der Waals surface area contributed by atoms with Gasteiger partial charge in [0.05, 0.1) is 4.92 Å². The van der Waals surface area contributed by atoms with Crippen LogP contribution in [-0.4, -0.2) is 28.0 Å². The van der Waals surface area contributed by atoms with Crippen molar-refractivity contribution < 1.29 is 4.92 Å². The smallest absolute Gasteiger partial charge is 0.353 e. The van der Waals surface area contributed by atoms with Gasteiger partial charge in [-0.3, -0.25) is 10.1 Å². The summed E-state index contributed by atoms with van der Waals surface area (Å²) in [5.41, 5.74) is 5.37. The summed E-state index contributed by atoms with van der Waals surface area (Å²) in [5.74, 6) is 0.784. The fraction of sp³-hybridized carbons (Fsp3) is 0.600. The summed E-state index contributed by atoms with van der Waals surface area (Å²) in [6.07, 6.45) is 3.43. The van der Waals surface area contributed by atoms with Gasteiger partial charge in [-0.1, -0.05) is 6.92 Å². The topological polar surface area (TPSA) is 98.2 Å². The van der Waals surface area contributed by atoms with Gasteiger partial charge in [0.25, 0.3) is 0 Å². The number of piperidine rings is 1. The van der Waals surface area contributed by atoms with E-state index in [4.69, 9.17) is 5.73 Å². The fourth-order valence-electron chi connectivity index (χ4n) is 2.17. The molecule has 0 aliphatic carbocycles. The Morgan fingerprint density at radius 2 is 2.35 bits per heavy atom. The van der Waals surface area contributed by atoms with E-state index in [0.717, 1.165) is 25.9 Å². The van der Waals surface area contributed by atoms with Crippen molar-refractivity contribution in [1.82, 2.24) is 9.97 Å². The third kappa shape index (κ3) is 2.27. The van der Waals surface area contributed by atoms with Crippen LogP contribution in [0, 0.1) is 16.0 Å². The van der Waals surface area contributed by atoms with Crippen LogP contribution in [0.1, 0.15) is 19.8 Å². The summed E-state index contributed by atoms with van der Waals surface area (Å²) in [6.45, 7) is 3.68. The number of rotatable bonds is 2. The number of aromatic nitrogens is 2. The lowest BCUT2D eigenvalue weighted by atomic mass is 10.0. The Balaban J connectivity index is 2.37. The molecule has 2 rings (SSSR count). The highest BCUT2D eigenvalue weighted by atomic mass is 16.6. The molecule has 17 heavy (non-hydrogen) atoms. The summed E-state index contributed by atoms with van der Waals surface area (Å²) < 4.78 is 0. The first-order valence-electron chi connectivity index (χ1n) is 5.59. The largest absolute Gasteiger partial charge is 0.378 e. The number of nitrogen functional groups attached to an aromatic ring is 1. The minimum Gasteiger partial charge on any atom is -0.378 e. The molecule has 1 aromatic heterocycles. The second-order valence-corrected chi connectivity index (χ2v) is 4.38. The standard InChI is InChI=1S/C10H15N5O2/c1-7-3-2-4-14(5-7)10-8(15(16)17)9(11)12-6-13-10/h6-7H,2-5H2,1H3,(H2,11,12,13). The van der Waals surface area contributed by atoms with E-state index in [9.17, 15) is 10.1 Å². The number of nitrogens with two attached hydrogens (primary N) is 1. The summed E-state index contributed by atoms with van der Waals surface area (Å²) in [4.78, 5) is 20.1. The van der Waals surface area contributed by atoms with Crippen LogP contribution in [0.3, 0.4) is 0 Å². The third-order valence-electron chi connectivity index (χ3n) is 2.97. The SMILES string of the molecule is CC1CCCN(c2ncnc(N)c2[N+](=O)[O-])C1. The highest BCUT2D eigenvalue weighted by molar-refractivity contribution is 5.68. The Kier molecular flexibility index (Phi) is 3.08. The molecule has 0 spiro atoms. The normalized spacial score (nSPS) is 20.3. The van der Waals surface area contributed by atoms with E-state index in [0.29, 0.717) is 11.7 Å². The van der Waals surface area contributed by atoms with Gasteiger partial charge in [0, 0.05) is 13.1 Å². The van der Waals surface area contributed by atoms with Gasteiger partial charge >= 0.3 is 5.69 Å². The molecule has 1 saturated heterocycles. The van der Waals surface area contributed by atoms with Gasteiger partial charge in [-0.15, -0.1) is 0 Å². The maximum absolute atomic E-state index is 11.0. The lowest BCUT2D eigenvalue weighted by Gasteiger charge is -2.31. The lowest BCUT2D eigenvalue weighted by molar-refractivity contribution is -0.383. The lowest BCUT2D eigenvalue weighted by Crippen LogP contribution is -2.35.